The Morgan fingerprint density at radius 1 is 1.53 bits per heavy atom. The Labute approximate surface area is 121 Å². The smallest absolute Gasteiger partial charge is 0.244 e. The summed E-state index contributed by atoms with van der Waals surface area (Å²) in [6.07, 6.45) is 1.70. The highest BCUT2D eigenvalue weighted by Gasteiger charge is 2.35. The molecule has 0 radical (unpaired) electrons. The lowest BCUT2D eigenvalue weighted by molar-refractivity contribution is 0.379. The van der Waals surface area contributed by atoms with E-state index in [1.54, 1.807) is 7.05 Å². The molecule has 0 saturated carbocycles. The van der Waals surface area contributed by atoms with Crippen molar-refractivity contribution in [2.75, 3.05) is 20.1 Å². The van der Waals surface area contributed by atoms with Crippen LogP contribution in [0.2, 0.25) is 0 Å². The molecule has 4 nitrogen and oxygen atoms in total. The average Bonchev–Trinajstić information content (AvgIpc) is 2.78. The molecule has 0 unspecified atom stereocenters. The third-order valence-electron chi connectivity index (χ3n) is 3.24. The minimum Gasteiger partial charge on any atom is -0.318 e. The van der Waals surface area contributed by atoms with Gasteiger partial charge in [-0.25, -0.2) is 12.8 Å². The summed E-state index contributed by atoms with van der Waals surface area (Å²) in [5.74, 6) is -0.459. The molecule has 1 atom stereocenters. The molecule has 1 heterocycles. The standard InChI is InChI=1S/C12H16BrFN2O2S/c1-15-8-10-3-2-6-16(10)19(17,18)12-5-4-9(14)7-11(12)13/h4-5,7,10,15H,2-3,6,8H2,1H3/t10-/m0/s1. The van der Waals surface area contributed by atoms with Crippen molar-refractivity contribution in [1.29, 1.82) is 0 Å². The number of benzene rings is 1. The highest BCUT2D eigenvalue weighted by Crippen LogP contribution is 2.30. The van der Waals surface area contributed by atoms with Crippen LogP contribution in [-0.4, -0.2) is 38.9 Å². The van der Waals surface area contributed by atoms with Crippen molar-refractivity contribution in [3.8, 4) is 0 Å². The van der Waals surface area contributed by atoms with Crippen LogP contribution in [0, 0.1) is 5.82 Å². The maximum atomic E-state index is 13.1. The lowest BCUT2D eigenvalue weighted by Crippen LogP contribution is -2.40. The SMILES string of the molecule is CNC[C@@H]1CCCN1S(=O)(=O)c1ccc(F)cc1Br. The lowest BCUT2D eigenvalue weighted by Gasteiger charge is -2.24. The van der Waals surface area contributed by atoms with Gasteiger partial charge in [0.15, 0.2) is 0 Å². The molecule has 1 aliphatic rings. The zero-order valence-electron chi connectivity index (χ0n) is 10.6. The Balaban J connectivity index is 2.36. The highest BCUT2D eigenvalue weighted by molar-refractivity contribution is 9.10. The number of sulfonamides is 1. The van der Waals surface area contributed by atoms with E-state index in [9.17, 15) is 12.8 Å². The number of likely N-dealkylation sites (N-methyl/N-ethyl adjacent to an activating group) is 1. The first kappa shape index (κ1) is 14.9. The van der Waals surface area contributed by atoms with Gasteiger partial charge in [0, 0.05) is 23.6 Å². The van der Waals surface area contributed by atoms with Crippen LogP contribution in [0.3, 0.4) is 0 Å². The summed E-state index contributed by atoms with van der Waals surface area (Å²) in [6, 6.07) is 3.62. The molecule has 0 bridgehead atoms. The molecular weight excluding hydrogens is 335 g/mol. The van der Waals surface area contributed by atoms with Crippen LogP contribution >= 0.6 is 15.9 Å². The molecule has 0 spiro atoms. The van der Waals surface area contributed by atoms with E-state index >= 15 is 0 Å². The number of nitrogens with one attached hydrogen (secondary N) is 1. The number of nitrogens with zero attached hydrogens (tertiary/aromatic N) is 1. The zero-order chi connectivity index (χ0) is 14.0. The van der Waals surface area contributed by atoms with Crippen LogP contribution < -0.4 is 5.32 Å². The molecule has 19 heavy (non-hydrogen) atoms. The summed E-state index contributed by atoms with van der Waals surface area (Å²) in [5.41, 5.74) is 0. The molecule has 2 rings (SSSR count). The van der Waals surface area contributed by atoms with Crippen LogP contribution in [0.1, 0.15) is 12.8 Å². The van der Waals surface area contributed by atoms with Crippen LogP contribution in [0.5, 0.6) is 0 Å². The van der Waals surface area contributed by atoms with E-state index in [1.165, 1.54) is 22.5 Å². The average molecular weight is 351 g/mol. The van der Waals surface area contributed by atoms with E-state index < -0.39 is 15.8 Å². The molecule has 1 aromatic carbocycles. The Hall–Kier alpha value is -0.500. The number of hydrogen-bond acceptors (Lipinski definition) is 3. The normalized spacial score (nSPS) is 20.9. The Kier molecular flexibility index (Phi) is 4.60. The minimum absolute atomic E-state index is 0.0352. The fraction of sp³-hybridized carbons (Fsp3) is 0.500. The van der Waals surface area contributed by atoms with Gasteiger partial charge in [-0.15, -0.1) is 0 Å². The Bertz CT molecular complexity index is 565. The topological polar surface area (TPSA) is 49.4 Å². The minimum atomic E-state index is -3.58. The van der Waals surface area contributed by atoms with Gasteiger partial charge in [-0.3, -0.25) is 0 Å². The highest BCUT2D eigenvalue weighted by atomic mass is 79.9. The van der Waals surface area contributed by atoms with E-state index in [1.807, 2.05) is 0 Å². The molecule has 0 amide bonds. The second-order valence-electron chi connectivity index (χ2n) is 4.54. The number of rotatable bonds is 4. The van der Waals surface area contributed by atoms with Gasteiger partial charge in [0.05, 0.1) is 4.90 Å². The van der Waals surface area contributed by atoms with Crippen molar-refractivity contribution in [2.45, 2.75) is 23.8 Å². The van der Waals surface area contributed by atoms with Gasteiger partial charge in [0.25, 0.3) is 0 Å². The van der Waals surface area contributed by atoms with Crippen LogP contribution in [0.25, 0.3) is 0 Å². The molecule has 1 aliphatic heterocycles. The van der Waals surface area contributed by atoms with Crippen LogP contribution in [0.15, 0.2) is 27.6 Å². The van der Waals surface area contributed by atoms with Gasteiger partial charge in [0.2, 0.25) is 10.0 Å². The molecule has 0 aliphatic carbocycles. The fourth-order valence-corrected chi connectivity index (χ4v) is 5.08. The van der Waals surface area contributed by atoms with Crippen molar-refractivity contribution < 1.29 is 12.8 Å². The summed E-state index contributed by atoms with van der Waals surface area (Å²) in [7, 11) is -1.78. The summed E-state index contributed by atoms with van der Waals surface area (Å²) < 4.78 is 40.0. The van der Waals surface area contributed by atoms with Crippen LogP contribution in [-0.2, 0) is 10.0 Å². The second-order valence-corrected chi connectivity index (χ2v) is 7.26. The maximum Gasteiger partial charge on any atom is 0.244 e. The maximum absolute atomic E-state index is 13.1. The monoisotopic (exact) mass is 350 g/mol. The summed E-state index contributed by atoms with van der Waals surface area (Å²) in [6.45, 7) is 1.14. The third kappa shape index (κ3) is 2.99. The summed E-state index contributed by atoms with van der Waals surface area (Å²) >= 11 is 3.13. The van der Waals surface area contributed by atoms with Crippen molar-refractivity contribution in [2.24, 2.45) is 0 Å². The van der Waals surface area contributed by atoms with E-state index in [2.05, 4.69) is 21.2 Å². The summed E-state index contributed by atoms with van der Waals surface area (Å²) in [4.78, 5) is 0.122. The molecular formula is C12H16BrFN2O2S. The Morgan fingerprint density at radius 2 is 2.26 bits per heavy atom. The van der Waals surface area contributed by atoms with E-state index in [0.717, 1.165) is 12.8 Å². The van der Waals surface area contributed by atoms with Crippen LogP contribution in [0.4, 0.5) is 4.39 Å². The second kappa shape index (κ2) is 5.87. The largest absolute Gasteiger partial charge is 0.318 e. The predicted octanol–water partition coefficient (Wildman–Crippen LogP) is 1.96. The summed E-state index contributed by atoms with van der Waals surface area (Å²) in [5, 5.41) is 3.01. The van der Waals surface area contributed by atoms with Gasteiger partial charge in [-0.2, -0.15) is 4.31 Å². The van der Waals surface area contributed by atoms with E-state index in [4.69, 9.17) is 0 Å². The predicted molar refractivity (Wildman–Crippen MR) is 74.9 cm³/mol. The third-order valence-corrected chi connectivity index (χ3v) is 6.17. The van der Waals surface area contributed by atoms with Gasteiger partial charge in [0.1, 0.15) is 5.82 Å². The molecule has 1 fully saturated rings. The molecule has 1 saturated heterocycles. The molecule has 1 N–H and O–H groups in total. The Morgan fingerprint density at radius 3 is 2.89 bits per heavy atom. The number of hydrogen-bond donors (Lipinski definition) is 1. The van der Waals surface area contributed by atoms with E-state index in [0.29, 0.717) is 13.1 Å². The molecule has 0 aromatic heterocycles. The molecule has 106 valence electrons. The van der Waals surface area contributed by atoms with Gasteiger partial charge in [-0.05, 0) is 54.0 Å². The molecule has 1 aromatic rings. The van der Waals surface area contributed by atoms with Gasteiger partial charge in [-0.1, -0.05) is 0 Å². The zero-order valence-corrected chi connectivity index (χ0v) is 13.0. The molecule has 7 heteroatoms. The number of halogens is 2. The lowest BCUT2D eigenvalue weighted by atomic mass is 10.2. The van der Waals surface area contributed by atoms with Crippen molar-refractivity contribution in [3.63, 3.8) is 0 Å². The van der Waals surface area contributed by atoms with Crippen molar-refractivity contribution in [1.82, 2.24) is 9.62 Å². The van der Waals surface area contributed by atoms with Crippen molar-refractivity contribution in [3.05, 3.63) is 28.5 Å². The first-order valence-corrected chi connectivity index (χ1v) is 8.31. The first-order chi connectivity index (χ1) is 8.96. The quantitative estimate of drug-likeness (QED) is 0.902. The van der Waals surface area contributed by atoms with Gasteiger partial charge >= 0.3 is 0 Å². The first-order valence-electron chi connectivity index (χ1n) is 6.08. The van der Waals surface area contributed by atoms with Gasteiger partial charge < -0.3 is 5.32 Å². The fourth-order valence-electron chi connectivity index (χ4n) is 2.38. The van der Waals surface area contributed by atoms with E-state index in [-0.39, 0.29) is 15.4 Å². The van der Waals surface area contributed by atoms with Crippen molar-refractivity contribution >= 4 is 26.0 Å².